The maximum atomic E-state index is 9.54. The number of allylic oxidation sites excluding steroid dienone is 3. The van der Waals surface area contributed by atoms with E-state index in [2.05, 4.69) is 82.2 Å². The molecule has 0 bridgehead atoms. The van der Waals surface area contributed by atoms with Gasteiger partial charge in [-0.15, -0.1) is 0 Å². The minimum atomic E-state index is -0.682. The number of nitriles is 1. The van der Waals surface area contributed by atoms with Crippen molar-refractivity contribution < 1.29 is 4.74 Å². The molecule has 0 amide bonds. The molecule has 186 valence electrons. The average molecular weight is 504 g/mol. The van der Waals surface area contributed by atoms with E-state index in [4.69, 9.17) is 11.3 Å². The molecule has 0 saturated carbocycles. The second-order valence-electron chi connectivity index (χ2n) is 9.81. The molecular formula is C35H25N3O. The maximum absolute atomic E-state index is 9.54. The van der Waals surface area contributed by atoms with Gasteiger partial charge in [-0.1, -0.05) is 84.9 Å². The van der Waals surface area contributed by atoms with Gasteiger partial charge in [0, 0.05) is 22.9 Å². The summed E-state index contributed by atoms with van der Waals surface area (Å²) in [5.41, 5.74) is 5.57. The number of nitrogens with zero attached hydrogens (tertiary/aromatic N) is 3. The molecule has 0 spiro atoms. The molecule has 5 aromatic rings. The second kappa shape index (κ2) is 9.86. The van der Waals surface area contributed by atoms with E-state index in [-0.39, 0.29) is 5.70 Å². The Balaban J connectivity index is 1.34. The van der Waals surface area contributed by atoms with Gasteiger partial charge >= 0.3 is 0 Å². The second-order valence-corrected chi connectivity index (χ2v) is 9.81. The molecule has 0 radical (unpaired) electrons. The van der Waals surface area contributed by atoms with Crippen LogP contribution in [0.4, 0.5) is 0 Å². The first-order valence-electron chi connectivity index (χ1n) is 12.8. The van der Waals surface area contributed by atoms with Crippen molar-refractivity contribution in [2.24, 2.45) is 0 Å². The Bertz CT molecular complexity index is 1810. The van der Waals surface area contributed by atoms with Crippen molar-refractivity contribution >= 4 is 27.9 Å². The van der Waals surface area contributed by atoms with Crippen LogP contribution < -0.4 is 0 Å². The van der Waals surface area contributed by atoms with Crippen LogP contribution in [-0.2, 0) is 10.3 Å². The molecule has 0 saturated heterocycles. The molecule has 1 unspecified atom stereocenters. The van der Waals surface area contributed by atoms with Crippen LogP contribution >= 0.6 is 0 Å². The highest BCUT2D eigenvalue weighted by Crippen LogP contribution is 2.40. The summed E-state index contributed by atoms with van der Waals surface area (Å²) >= 11 is 0. The van der Waals surface area contributed by atoms with E-state index >= 15 is 0 Å². The van der Waals surface area contributed by atoms with Gasteiger partial charge in [0.25, 0.3) is 5.70 Å². The minimum absolute atomic E-state index is 0.0990. The lowest BCUT2D eigenvalue weighted by Gasteiger charge is -2.36. The third kappa shape index (κ3) is 4.39. The Kier molecular flexibility index (Phi) is 6.08. The molecule has 2 heterocycles. The number of benzene rings is 4. The summed E-state index contributed by atoms with van der Waals surface area (Å²) in [6.45, 7) is 9.47. The molecular weight excluding hydrogens is 478 g/mol. The van der Waals surface area contributed by atoms with E-state index < -0.39 is 5.60 Å². The molecule has 4 nitrogen and oxygen atoms in total. The molecule has 1 aromatic heterocycles. The van der Waals surface area contributed by atoms with Crippen LogP contribution in [0.25, 0.3) is 38.4 Å². The molecule has 39 heavy (non-hydrogen) atoms. The summed E-state index contributed by atoms with van der Waals surface area (Å²) in [6.07, 6.45) is 6.17. The number of hydrogen-bond acceptors (Lipinski definition) is 2. The summed E-state index contributed by atoms with van der Waals surface area (Å²) in [5.74, 6) is 0.616. The van der Waals surface area contributed by atoms with E-state index in [0.717, 1.165) is 16.8 Å². The SMILES string of the molecule is [C-]#[N+]C(C#N)=C1C=C(C=Cc2ccc(-n3c4ccccc4c4ccccc43)cc2)OC(C)(c2ccccc2)C1. The monoisotopic (exact) mass is 503 g/mol. The quantitative estimate of drug-likeness (QED) is 0.182. The normalized spacial score (nSPS) is 18.4. The Morgan fingerprint density at radius 3 is 2.10 bits per heavy atom. The first-order chi connectivity index (χ1) is 19.1. The zero-order valence-electron chi connectivity index (χ0n) is 21.5. The van der Waals surface area contributed by atoms with E-state index in [1.54, 1.807) is 0 Å². The van der Waals surface area contributed by atoms with Gasteiger partial charge in [-0.3, -0.25) is 0 Å². The summed E-state index contributed by atoms with van der Waals surface area (Å²) in [6, 6.07) is 37.4. The van der Waals surface area contributed by atoms with Crippen LogP contribution in [0.1, 0.15) is 24.5 Å². The van der Waals surface area contributed by atoms with Crippen molar-refractivity contribution in [3.8, 4) is 11.8 Å². The first kappa shape index (κ1) is 24.0. The zero-order valence-corrected chi connectivity index (χ0v) is 21.5. The molecule has 1 atom stereocenters. The molecule has 4 aromatic carbocycles. The summed E-state index contributed by atoms with van der Waals surface area (Å²) < 4.78 is 8.75. The van der Waals surface area contributed by atoms with Gasteiger partial charge in [-0.2, -0.15) is 0 Å². The van der Waals surface area contributed by atoms with E-state index in [1.165, 1.54) is 21.8 Å². The molecule has 6 rings (SSSR count). The minimum Gasteiger partial charge on any atom is -0.483 e. The Labute approximate surface area is 227 Å². The number of ether oxygens (including phenoxy) is 1. The Hall–Kier alpha value is -5.32. The van der Waals surface area contributed by atoms with Gasteiger partial charge in [0.15, 0.2) is 0 Å². The fourth-order valence-electron chi connectivity index (χ4n) is 5.38. The number of rotatable bonds is 4. The van der Waals surface area contributed by atoms with Gasteiger partial charge < -0.3 is 9.30 Å². The van der Waals surface area contributed by atoms with E-state index in [0.29, 0.717) is 17.8 Å². The van der Waals surface area contributed by atoms with Crippen molar-refractivity contribution in [1.29, 1.82) is 5.26 Å². The lowest BCUT2D eigenvalue weighted by Crippen LogP contribution is -2.29. The van der Waals surface area contributed by atoms with Crippen LogP contribution in [0.15, 0.2) is 132 Å². The number of fused-ring (bicyclic) bond motifs is 3. The van der Waals surface area contributed by atoms with E-state index in [1.807, 2.05) is 61.6 Å². The molecule has 1 aliphatic heterocycles. The highest BCUT2D eigenvalue weighted by atomic mass is 16.5. The number of aromatic nitrogens is 1. The van der Waals surface area contributed by atoms with Crippen LogP contribution in [0.3, 0.4) is 0 Å². The van der Waals surface area contributed by atoms with Gasteiger partial charge in [0.05, 0.1) is 23.7 Å². The third-order valence-corrected chi connectivity index (χ3v) is 7.27. The van der Waals surface area contributed by atoms with Gasteiger partial charge in [-0.25, -0.2) is 10.1 Å². The fraction of sp³-hybridized carbons (Fsp3) is 0.0857. The highest BCUT2D eigenvalue weighted by Gasteiger charge is 2.34. The largest absolute Gasteiger partial charge is 0.483 e. The number of para-hydroxylation sites is 2. The standard InChI is InChI=1S/C35H25N3O/c1-35(27-10-4-3-5-11-27)23-26(32(24-36)37-2)22-29(39-35)21-18-25-16-19-28(20-17-25)38-33-14-8-6-12-30(33)31-13-7-9-15-34(31)38/h3-22H,23H2,1H3. The molecule has 0 N–H and O–H groups in total. The fourth-order valence-corrected chi connectivity index (χ4v) is 5.38. The van der Waals surface area contributed by atoms with Gasteiger partial charge in [0.2, 0.25) is 0 Å². The zero-order chi connectivity index (χ0) is 26.8. The van der Waals surface area contributed by atoms with Crippen LogP contribution in [-0.4, -0.2) is 4.57 Å². The smallest absolute Gasteiger partial charge is 0.265 e. The Morgan fingerprint density at radius 2 is 1.49 bits per heavy atom. The lowest BCUT2D eigenvalue weighted by atomic mass is 9.85. The summed E-state index contributed by atoms with van der Waals surface area (Å²) in [5, 5.41) is 12.0. The molecule has 0 aliphatic carbocycles. The molecule has 0 fully saturated rings. The summed E-state index contributed by atoms with van der Waals surface area (Å²) in [7, 11) is 0. The number of hydrogen-bond donors (Lipinski definition) is 0. The van der Waals surface area contributed by atoms with Crippen molar-refractivity contribution in [2.75, 3.05) is 0 Å². The van der Waals surface area contributed by atoms with Crippen molar-refractivity contribution in [2.45, 2.75) is 18.9 Å². The maximum Gasteiger partial charge on any atom is 0.265 e. The predicted molar refractivity (Wildman–Crippen MR) is 157 cm³/mol. The van der Waals surface area contributed by atoms with Crippen LogP contribution in [0.5, 0.6) is 0 Å². The summed E-state index contributed by atoms with van der Waals surface area (Å²) in [4.78, 5) is 3.46. The highest BCUT2D eigenvalue weighted by molar-refractivity contribution is 6.09. The van der Waals surface area contributed by atoms with E-state index in [9.17, 15) is 5.26 Å². The molecule has 4 heteroatoms. The molecule has 1 aliphatic rings. The third-order valence-electron chi connectivity index (χ3n) is 7.27. The van der Waals surface area contributed by atoms with Crippen molar-refractivity contribution in [3.05, 3.63) is 155 Å². The first-order valence-corrected chi connectivity index (χ1v) is 12.8. The van der Waals surface area contributed by atoms with Crippen molar-refractivity contribution in [1.82, 2.24) is 4.57 Å². The topological polar surface area (TPSA) is 42.3 Å². The average Bonchev–Trinajstić information content (AvgIpc) is 3.32. The van der Waals surface area contributed by atoms with Crippen LogP contribution in [0, 0.1) is 17.9 Å². The predicted octanol–water partition coefficient (Wildman–Crippen LogP) is 8.71. The van der Waals surface area contributed by atoms with Gasteiger partial charge in [0.1, 0.15) is 11.4 Å². The van der Waals surface area contributed by atoms with Crippen LogP contribution in [0.2, 0.25) is 0 Å². The van der Waals surface area contributed by atoms with Gasteiger partial charge in [-0.05, 0) is 60.0 Å². The van der Waals surface area contributed by atoms with Crippen molar-refractivity contribution in [3.63, 3.8) is 0 Å². The Morgan fingerprint density at radius 1 is 0.872 bits per heavy atom. The lowest BCUT2D eigenvalue weighted by molar-refractivity contribution is 0.0143.